The summed E-state index contributed by atoms with van der Waals surface area (Å²) in [6.07, 6.45) is 3.50. The molecule has 90 valence electrons. The molecule has 2 heterocycles. The second-order valence-electron chi connectivity index (χ2n) is 4.48. The van der Waals surface area contributed by atoms with Crippen LogP contribution in [0.15, 0.2) is 4.63 Å². The molecule has 17 heavy (non-hydrogen) atoms. The molecule has 0 aromatic carbocycles. The summed E-state index contributed by atoms with van der Waals surface area (Å²) in [7, 11) is 0. The molecule has 7 heteroatoms. The molecule has 1 aromatic rings. The molecule has 1 saturated heterocycles. The molecule has 1 saturated carbocycles. The monoisotopic (exact) mass is 236 g/mol. The van der Waals surface area contributed by atoms with Gasteiger partial charge in [0.05, 0.1) is 11.8 Å². The maximum Gasteiger partial charge on any atom is 0.239 e. The van der Waals surface area contributed by atoms with Gasteiger partial charge in [0.1, 0.15) is 0 Å². The van der Waals surface area contributed by atoms with Gasteiger partial charge in [-0.25, -0.2) is 9.53 Å². The number of hydrogen-bond donors (Lipinski definition) is 1. The fourth-order valence-electron chi connectivity index (χ4n) is 2.72. The van der Waals surface area contributed by atoms with Crippen LogP contribution in [0.2, 0.25) is 0 Å². The SMILES string of the molecule is Nc1nonc1N1C(=O)[C@H]2CCCC[C@H]2C1=O. The number of rotatable bonds is 1. The van der Waals surface area contributed by atoms with Gasteiger partial charge in [0.2, 0.25) is 23.5 Å². The third-order valence-corrected chi connectivity index (χ3v) is 3.55. The van der Waals surface area contributed by atoms with Crippen LogP contribution in [0.5, 0.6) is 0 Å². The van der Waals surface area contributed by atoms with E-state index in [1.807, 2.05) is 0 Å². The Balaban J connectivity index is 1.99. The van der Waals surface area contributed by atoms with Crippen LogP contribution in [0.25, 0.3) is 0 Å². The standard InChI is InChI=1S/C10H12N4O3/c11-7-8(13-17-12-7)14-9(15)5-3-1-2-4-6(5)10(14)16/h5-6H,1-4H2,(H2,11,12)/t5-,6+. The van der Waals surface area contributed by atoms with Crippen molar-refractivity contribution in [3.8, 4) is 0 Å². The highest BCUT2D eigenvalue weighted by atomic mass is 16.6. The molecular formula is C10H12N4O3. The minimum absolute atomic E-state index is 0.0228. The summed E-state index contributed by atoms with van der Waals surface area (Å²) in [5.74, 6) is -0.858. The molecule has 2 N–H and O–H groups in total. The van der Waals surface area contributed by atoms with Gasteiger partial charge in [-0.15, -0.1) is 0 Å². The summed E-state index contributed by atoms with van der Waals surface area (Å²) < 4.78 is 4.44. The number of imide groups is 1. The van der Waals surface area contributed by atoms with E-state index in [0.29, 0.717) is 0 Å². The predicted octanol–water partition coefficient (Wildman–Crippen LogP) is 0.331. The molecule has 2 aliphatic rings. The first-order chi connectivity index (χ1) is 8.20. The molecule has 3 rings (SSSR count). The fourth-order valence-corrected chi connectivity index (χ4v) is 2.72. The lowest BCUT2D eigenvalue weighted by molar-refractivity contribution is -0.122. The van der Waals surface area contributed by atoms with E-state index in [-0.39, 0.29) is 35.3 Å². The second-order valence-corrected chi connectivity index (χ2v) is 4.48. The van der Waals surface area contributed by atoms with Crippen LogP contribution >= 0.6 is 0 Å². The van der Waals surface area contributed by atoms with E-state index in [1.54, 1.807) is 0 Å². The summed E-state index contributed by atoms with van der Waals surface area (Å²) in [4.78, 5) is 25.3. The van der Waals surface area contributed by atoms with Gasteiger partial charge < -0.3 is 5.73 Å². The van der Waals surface area contributed by atoms with Crippen molar-refractivity contribution in [1.29, 1.82) is 0 Å². The van der Waals surface area contributed by atoms with Crippen molar-refractivity contribution in [2.75, 3.05) is 10.6 Å². The molecule has 1 aliphatic carbocycles. The molecule has 1 aliphatic heterocycles. The van der Waals surface area contributed by atoms with E-state index in [0.717, 1.165) is 30.6 Å². The van der Waals surface area contributed by atoms with Crippen molar-refractivity contribution in [2.45, 2.75) is 25.7 Å². The van der Waals surface area contributed by atoms with E-state index in [2.05, 4.69) is 14.9 Å². The van der Waals surface area contributed by atoms with E-state index in [1.165, 1.54) is 0 Å². The Labute approximate surface area is 96.9 Å². The van der Waals surface area contributed by atoms with Crippen LogP contribution in [0.3, 0.4) is 0 Å². The number of carbonyl (C=O) groups excluding carboxylic acids is 2. The number of amides is 2. The molecule has 0 bridgehead atoms. The maximum atomic E-state index is 12.1. The van der Waals surface area contributed by atoms with E-state index in [4.69, 9.17) is 5.73 Å². The molecule has 0 unspecified atom stereocenters. The highest BCUT2D eigenvalue weighted by molar-refractivity contribution is 6.22. The number of anilines is 2. The maximum absolute atomic E-state index is 12.1. The Bertz CT molecular complexity index is 460. The van der Waals surface area contributed by atoms with Crippen molar-refractivity contribution in [3.05, 3.63) is 0 Å². The summed E-state index contributed by atoms with van der Waals surface area (Å²) in [5, 5.41) is 6.92. The van der Waals surface area contributed by atoms with E-state index < -0.39 is 0 Å². The van der Waals surface area contributed by atoms with Crippen LogP contribution in [-0.4, -0.2) is 22.1 Å². The zero-order chi connectivity index (χ0) is 12.0. The van der Waals surface area contributed by atoms with Gasteiger partial charge in [0.15, 0.2) is 0 Å². The van der Waals surface area contributed by atoms with E-state index >= 15 is 0 Å². The molecule has 2 atom stereocenters. The number of nitrogen functional groups attached to an aromatic ring is 1. The van der Waals surface area contributed by atoms with Gasteiger partial charge in [0, 0.05) is 0 Å². The van der Waals surface area contributed by atoms with Gasteiger partial charge in [0.25, 0.3) is 0 Å². The fraction of sp³-hybridized carbons (Fsp3) is 0.600. The molecule has 0 radical (unpaired) electrons. The predicted molar refractivity (Wildman–Crippen MR) is 56.7 cm³/mol. The van der Waals surface area contributed by atoms with Crippen LogP contribution in [0.1, 0.15) is 25.7 Å². The molecule has 2 amide bonds. The van der Waals surface area contributed by atoms with Crippen molar-refractivity contribution in [1.82, 2.24) is 10.3 Å². The van der Waals surface area contributed by atoms with Gasteiger partial charge in [-0.2, -0.15) is 0 Å². The lowest BCUT2D eigenvalue weighted by atomic mass is 9.81. The number of carbonyl (C=O) groups is 2. The van der Waals surface area contributed by atoms with Gasteiger partial charge in [-0.1, -0.05) is 12.8 Å². The van der Waals surface area contributed by atoms with Crippen molar-refractivity contribution in [2.24, 2.45) is 11.8 Å². The first-order valence-corrected chi connectivity index (χ1v) is 5.66. The molecule has 2 fully saturated rings. The lowest BCUT2D eigenvalue weighted by Gasteiger charge is -2.19. The zero-order valence-corrected chi connectivity index (χ0v) is 9.13. The smallest absolute Gasteiger partial charge is 0.239 e. The number of fused-ring (bicyclic) bond motifs is 1. The summed E-state index contributed by atoms with van der Waals surface area (Å²) in [6, 6.07) is 0. The van der Waals surface area contributed by atoms with Crippen molar-refractivity contribution >= 4 is 23.5 Å². The average Bonchev–Trinajstić information content (AvgIpc) is 2.84. The minimum Gasteiger partial charge on any atom is -0.378 e. The summed E-state index contributed by atoms with van der Waals surface area (Å²) in [6.45, 7) is 0. The van der Waals surface area contributed by atoms with Crippen LogP contribution in [-0.2, 0) is 9.59 Å². The van der Waals surface area contributed by atoms with Gasteiger partial charge >= 0.3 is 0 Å². The van der Waals surface area contributed by atoms with Crippen LogP contribution in [0.4, 0.5) is 11.6 Å². The third-order valence-electron chi connectivity index (χ3n) is 3.55. The zero-order valence-electron chi connectivity index (χ0n) is 9.13. The van der Waals surface area contributed by atoms with E-state index in [9.17, 15) is 9.59 Å². The molecule has 7 nitrogen and oxygen atoms in total. The quantitative estimate of drug-likeness (QED) is 0.705. The highest BCUT2D eigenvalue weighted by Crippen LogP contribution is 2.40. The average molecular weight is 236 g/mol. The Kier molecular flexibility index (Phi) is 2.13. The first-order valence-electron chi connectivity index (χ1n) is 5.66. The van der Waals surface area contributed by atoms with Crippen molar-refractivity contribution in [3.63, 3.8) is 0 Å². The number of nitrogens with two attached hydrogens (primary N) is 1. The Morgan fingerprint density at radius 2 is 1.71 bits per heavy atom. The molecular weight excluding hydrogens is 224 g/mol. The Hall–Kier alpha value is -1.92. The summed E-state index contributed by atoms with van der Waals surface area (Å²) >= 11 is 0. The third kappa shape index (κ3) is 1.35. The number of aromatic nitrogens is 2. The first kappa shape index (κ1) is 10.2. The minimum atomic E-state index is -0.220. The Morgan fingerprint density at radius 1 is 1.12 bits per heavy atom. The van der Waals surface area contributed by atoms with Crippen LogP contribution in [0, 0.1) is 11.8 Å². The number of nitrogens with zero attached hydrogens (tertiary/aromatic N) is 3. The van der Waals surface area contributed by atoms with Crippen LogP contribution < -0.4 is 10.6 Å². The van der Waals surface area contributed by atoms with Gasteiger partial charge in [-0.3, -0.25) is 9.59 Å². The van der Waals surface area contributed by atoms with Crippen molar-refractivity contribution < 1.29 is 14.2 Å². The highest BCUT2D eigenvalue weighted by Gasteiger charge is 2.50. The summed E-state index contributed by atoms with van der Waals surface area (Å²) in [5.41, 5.74) is 5.52. The Morgan fingerprint density at radius 3 is 2.18 bits per heavy atom. The molecule has 1 aromatic heterocycles. The largest absolute Gasteiger partial charge is 0.378 e. The second kappa shape index (κ2) is 3.54. The molecule has 0 spiro atoms. The normalized spacial score (nSPS) is 28.6. The lowest BCUT2D eigenvalue weighted by Crippen LogP contribution is -2.31. The number of hydrogen-bond acceptors (Lipinski definition) is 6. The van der Waals surface area contributed by atoms with Gasteiger partial charge in [-0.05, 0) is 23.2 Å². The topological polar surface area (TPSA) is 102 Å².